The molecule has 1 amide bonds. The lowest BCUT2D eigenvalue weighted by atomic mass is 9.74. The monoisotopic (exact) mass is 396 g/mol. The fraction of sp³-hybridized carbons (Fsp3) is 0.522. The van der Waals surface area contributed by atoms with E-state index in [-0.39, 0.29) is 17.8 Å². The summed E-state index contributed by atoms with van der Waals surface area (Å²) in [4.78, 5) is 27.2. The first kappa shape index (κ1) is 19.7. The molecule has 2 aliphatic rings. The van der Waals surface area contributed by atoms with Gasteiger partial charge in [0, 0.05) is 37.1 Å². The smallest absolute Gasteiger partial charge is 0.312 e. The highest BCUT2D eigenvalue weighted by Crippen LogP contribution is 2.39. The van der Waals surface area contributed by atoms with Crippen molar-refractivity contribution >= 4 is 11.9 Å². The first-order valence-electron chi connectivity index (χ1n) is 10.5. The van der Waals surface area contributed by atoms with E-state index in [0.29, 0.717) is 44.7 Å². The summed E-state index contributed by atoms with van der Waals surface area (Å²) in [6.45, 7) is 5.38. The molecular formula is C23H28N2O4. The molecule has 0 unspecified atom stereocenters. The Bertz CT molecular complexity index is 892. The minimum Gasteiger partial charge on any atom is -0.466 e. The number of aromatic nitrogens is 1. The van der Waals surface area contributed by atoms with Crippen LogP contribution in [0.5, 0.6) is 0 Å². The summed E-state index contributed by atoms with van der Waals surface area (Å²) in [6.07, 6.45) is 3.61. The van der Waals surface area contributed by atoms with Crippen molar-refractivity contribution in [1.29, 1.82) is 0 Å². The van der Waals surface area contributed by atoms with Gasteiger partial charge < -0.3 is 14.2 Å². The van der Waals surface area contributed by atoms with Crippen LogP contribution in [-0.2, 0) is 20.7 Å². The van der Waals surface area contributed by atoms with Gasteiger partial charge in [-0.1, -0.05) is 29.4 Å². The first-order valence-corrected chi connectivity index (χ1v) is 10.5. The number of piperidine rings is 1. The van der Waals surface area contributed by atoms with Crippen LogP contribution in [0, 0.1) is 18.3 Å². The number of ether oxygens (including phenoxy) is 1. The maximum absolute atomic E-state index is 12.9. The normalized spacial score (nSPS) is 18.5. The van der Waals surface area contributed by atoms with E-state index in [1.807, 2.05) is 49.1 Å². The van der Waals surface area contributed by atoms with Crippen LogP contribution in [0.2, 0.25) is 0 Å². The van der Waals surface area contributed by atoms with Crippen LogP contribution >= 0.6 is 0 Å². The van der Waals surface area contributed by atoms with E-state index in [0.717, 1.165) is 29.7 Å². The number of carbonyl (C=O) groups is 2. The molecule has 6 heteroatoms. The minimum absolute atomic E-state index is 0.202. The van der Waals surface area contributed by atoms with Crippen molar-refractivity contribution < 1.29 is 18.8 Å². The molecule has 1 aromatic heterocycles. The molecule has 0 N–H and O–H groups in total. The van der Waals surface area contributed by atoms with Gasteiger partial charge in [-0.15, -0.1) is 0 Å². The Labute approximate surface area is 171 Å². The average Bonchev–Trinajstić information content (AvgIpc) is 3.48. The molecule has 1 saturated carbocycles. The molecular weight excluding hydrogens is 368 g/mol. The number of carbonyl (C=O) groups excluding carboxylic acids is 2. The van der Waals surface area contributed by atoms with Crippen LogP contribution in [0.3, 0.4) is 0 Å². The number of likely N-dealkylation sites (tertiary alicyclic amines) is 1. The van der Waals surface area contributed by atoms with Crippen molar-refractivity contribution in [3.05, 3.63) is 41.7 Å². The highest BCUT2D eigenvalue weighted by molar-refractivity contribution is 5.82. The molecule has 1 aliphatic carbocycles. The van der Waals surface area contributed by atoms with E-state index in [1.165, 1.54) is 0 Å². The van der Waals surface area contributed by atoms with Crippen LogP contribution in [-0.4, -0.2) is 41.6 Å². The summed E-state index contributed by atoms with van der Waals surface area (Å²) in [5.74, 6) is 0.922. The van der Waals surface area contributed by atoms with Gasteiger partial charge in [0.15, 0.2) is 0 Å². The average molecular weight is 396 g/mol. The Balaban J connectivity index is 1.52. The topological polar surface area (TPSA) is 72.6 Å². The van der Waals surface area contributed by atoms with E-state index in [4.69, 9.17) is 9.26 Å². The fourth-order valence-corrected chi connectivity index (χ4v) is 4.20. The van der Waals surface area contributed by atoms with E-state index >= 15 is 0 Å². The van der Waals surface area contributed by atoms with E-state index in [2.05, 4.69) is 5.16 Å². The molecule has 2 fully saturated rings. The molecule has 154 valence electrons. The molecule has 1 aromatic carbocycles. The Morgan fingerprint density at radius 2 is 1.97 bits per heavy atom. The Hall–Kier alpha value is -2.63. The van der Waals surface area contributed by atoms with Crippen molar-refractivity contribution in [2.75, 3.05) is 19.7 Å². The van der Waals surface area contributed by atoms with Crippen LogP contribution in [0.15, 0.2) is 34.9 Å². The molecule has 29 heavy (non-hydrogen) atoms. The largest absolute Gasteiger partial charge is 0.466 e. The maximum Gasteiger partial charge on any atom is 0.312 e. The molecule has 6 nitrogen and oxygen atoms in total. The molecule has 1 aliphatic heterocycles. The second-order valence-corrected chi connectivity index (χ2v) is 8.27. The van der Waals surface area contributed by atoms with E-state index < -0.39 is 5.41 Å². The van der Waals surface area contributed by atoms with Crippen molar-refractivity contribution in [1.82, 2.24) is 10.1 Å². The standard InChI is InChI=1S/C23H28N2O4/c1-3-28-22(27)23(10-12-25(13-11-23)21(26)17-8-9-17)15-18-14-20(24-29-18)19-7-5-4-6-16(19)2/h4-7,14,17H,3,8-13,15H2,1-2H3. The van der Waals surface area contributed by atoms with Crippen LogP contribution < -0.4 is 0 Å². The predicted octanol–water partition coefficient (Wildman–Crippen LogP) is 3.77. The summed E-state index contributed by atoms with van der Waals surface area (Å²) in [5.41, 5.74) is 2.26. The highest BCUT2D eigenvalue weighted by atomic mass is 16.5. The summed E-state index contributed by atoms with van der Waals surface area (Å²) in [5, 5.41) is 4.23. The van der Waals surface area contributed by atoms with E-state index in [1.54, 1.807) is 0 Å². The SMILES string of the molecule is CCOC(=O)C1(Cc2cc(-c3ccccc3C)no2)CCN(C(=O)C2CC2)CC1. The quantitative estimate of drug-likeness (QED) is 0.695. The van der Waals surface area contributed by atoms with Gasteiger partial charge in [-0.25, -0.2) is 0 Å². The predicted molar refractivity (Wildman–Crippen MR) is 108 cm³/mol. The van der Waals surface area contributed by atoms with Gasteiger partial charge in [0.05, 0.1) is 12.0 Å². The molecule has 4 rings (SSSR count). The lowest BCUT2D eigenvalue weighted by Crippen LogP contribution is -2.48. The summed E-state index contributed by atoms with van der Waals surface area (Å²) in [6, 6.07) is 9.94. The number of hydrogen-bond acceptors (Lipinski definition) is 5. The van der Waals surface area contributed by atoms with Crippen molar-refractivity contribution in [3.8, 4) is 11.3 Å². The molecule has 0 atom stereocenters. The van der Waals surface area contributed by atoms with Crippen molar-refractivity contribution in [2.24, 2.45) is 11.3 Å². The number of amides is 1. The zero-order valence-corrected chi connectivity index (χ0v) is 17.1. The molecule has 0 spiro atoms. The van der Waals surface area contributed by atoms with Gasteiger partial charge in [-0.2, -0.15) is 0 Å². The molecule has 0 radical (unpaired) electrons. The third kappa shape index (κ3) is 4.07. The molecule has 2 heterocycles. The number of hydrogen-bond donors (Lipinski definition) is 0. The highest BCUT2D eigenvalue weighted by Gasteiger charge is 2.46. The summed E-state index contributed by atoms with van der Waals surface area (Å²) >= 11 is 0. The van der Waals surface area contributed by atoms with Crippen LogP contribution in [0.1, 0.15) is 43.9 Å². The lowest BCUT2D eigenvalue weighted by molar-refractivity contribution is -0.160. The number of nitrogens with zero attached hydrogens (tertiary/aromatic N) is 2. The third-order valence-electron chi connectivity index (χ3n) is 6.16. The number of rotatable bonds is 6. The second-order valence-electron chi connectivity index (χ2n) is 8.27. The first-order chi connectivity index (χ1) is 14.0. The molecule has 0 bridgehead atoms. The Morgan fingerprint density at radius 1 is 1.24 bits per heavy atom. The van der Waals surface area contributed by atoms with Gasteiger partial charge in [-0.3, -0.25) is 9.59 Å². The lowest BCUT2D eigenvalue weighted by Gasteiger charge is -2.39. The van der Waals surface area contributed by atoms with Gasteiger partial charge in [0.2, 0.25) is 5.91 Å². The molecule has 2 aromatic rings. The van der Waals surface area contributed by atoms with Crippen molar-refractivity contribution in [2.45, 2.75) is 46.0 Å². The van der Waals surface area contributed by atoms with Crippen molar-refractivity contribution in [3.63, 3.8) is 0 Å². The third-order valence-corrected chi connectivity index (χ3v) is 6.16. The summed E-state index contributed by atoms with van der Waals surface area (Å²) < 4.78 is 11.0. The van der Waals surface area contributed by atoms with E-state index in [9.17, 15) is 9.59 Å². The minimum atomic E-state index is -0.668. The Morgan fingerprint density at radius 3 is 2.62 bits per heavy atom. The second kappa shape index (κ2) is 8.01. The van der Waals surface area contributed by atoms with Crippen LogP contribution in [0.25, 0.3) is 11.3 Å². The zero-order chi connectivity index (χ0) is 20.4. The molecule has 1 saturated heterocycles. The number of aryl methyl sites for hydroxylation is 1. The number of esters is 1. The van der Waals surface area contributed by atoms with Gasteiger partial charge in [0.25, 0.3) is 0 Å². The fourth-order valence-electron chi connectivity index (χ4n) is 4.20. The van der Waals surface area contributed by atoms with Gasteiger partial charge in [0.1, 0.15) is 11.5 Å². The Kier molecular flexibility index (Phi) is 5.43. The zero-order valence-electron chi connectivity index (χ0n) is 17.1. The summed E-state index contributed by atoms with van der Waals surface area (Å²) in [7, 11) is 0. The van der Waals surface area contributed by atoms with Crippen LogP contribution in [0.4, 0.5) is 0 Å². The number of benzene rings is 1. The van der Waals surface area contributed by atoms with Gasteiger partial charge in [-0.05, 0) is 45.1 Å². The maximum atomic E-state index is 12.9. The van der Waals surface area contributed by atoms with Gasteiger partial charge >= 0.3 is 5.97 Å².